The lowest BCUT2D eigenvalue weighted by Gasteiger charge is -2.10. The average molecular weight is 184 g/mol. The summed E-state index contributed by atoms with van der Waals surface area (Å²) in [5.74, 6) is 0. The number of ether oxygens (including phenoxy) is 1. The van der Waals surface area contributed by atoms with Crippen LogP contribution in [0.5, 0.6) is 0 Å². The third-order valence-electron chi connectivity index (χ3n) is 2.71. The zero-order valence-electron chi connectivity index (χ0n) is 8.22. The van der Waals surface area contributed by atoms with Crippen LogP contribution in [0.3, 0.4) is 0 Å². The van der Waals surface area contributed by atoms with E-state index in [0.717, 1.165) is 32.3 Å². The summed E-state index contributed by atoms with van der Waals surface area (Å²) in [6, 6.07) is 0.838. The van der Waals surface area contributed by atoms with E-state index in [4.69, 9.17) is 4.74 Å². The first-order valence-electron chi connectivity index (χ1n) is 5.51. The molecular weight excluding hydrogens is 164 g/mol. The number of hydrogen-bond acceptors (Lipinski definition) is 3. The van der Waals surface area contributed by atoms with Crippen molar-refractivity contribution in [3.8, 4) is 0 Å². The maximum absolute atomic E-state index is 5.51. The van der Waals surface area contributed by atoms with Crippen molar-refractivity contribution in [2.45, 2.75) is 37.8 Å². The van der Waals surface area contributed by atoms with Gasteiger partial charge in [0.1, 0.15) is 0 Å². The first-order valence-corrected chi connectivity index (χ1v) is 5.51. The molecule has 0 radical (unpaired) electrons. The summed E-state index contributed by atoms with van der Waals surface area (Å²) in [6.45, 7) is 4.19. The van der Waals surface area contributed by atoms with Gasteiger partial charge in [-0.05, 0) is 25.7 Å². The maximum Gasteiger partial charge on any atom is 0.0700 e. The van der Waals surface area contributed by atoms with Crippen LogP contribution in [-0.4, -0.2) is 38.4 Å². The van der Waals surface area contributed by atoms with Gasteiger partial charge in [-0.3, -0.25) is 0 Å². The molecule has 0 amide bonds. The Morgan fingerprint density at radius 3 is 2.77 bits per heavy atom. The van der Waals surface area contributed by atoms with Crippen molar-refractivity contribution in [3.63, 3.8) is 0 Å². The zero-order chi connectivity index (χ0) is 8.93. The van der Waals surface area contributed by atoms with Gasteiger partial charge in [0.25, 0.3) is 0 Å². The highest BCUT2D eigenvalue weighted by Gasteiger charge is 2.19. The molecule has 3 nitrogen and oxygen atoms in total. The van der Waals surface area contributed by atoms with Crippen LogP contribution in [0.25, 0.3) is 0 Å². The minimum Gasteiger partial charge on any atom is -0.377 e. The second-order valence-electron chi connectivity index (χ2n) is 4.07. The third kappa shape index (κ3) is 3.63. The fourth-order valence-corrected chi connectivity index (χ4v) is 1.72. The Balaban J connectivity index is 1.39. The zero-order valence-corrected chi connectivity index (χ0v) is 8.22. The number of rotatable bonds is 6. The van der Waals surface area contributed by atoms with E-state index in [1.165, 1.54) is 25.7 Å². The molecule has 2 fully saturated rings. The smallest absolute Gasteiger partial charge is 0.0700 e. The molecule has 0 aromatic heterocycles. The van der Waals surface area contributed by atoms with Crippen molar-refractivity contribution in [2.75, 3.05) is 26.2 Å². The summed E-state index contributed by atoms with van der Waals surface area (Å²) in [7, 11) is 0. The molecule has 1 aliphatic carbocycles. The fraction of sp³-hybridized carbons (Fsp3) is 1.00. The summed E-state index contributed by atoms with van der Waals surface area (Å²) < 4.78 is 5.51. The van der Waals surface area contributed by atoms with Crippen LogP contribution in [0, 0.1) is 0 Å². The molecule has 1 saturated carbocycles. The van der Waals surface area contributed by atoms with E-state index in [0.29, 0.717) is 6.10 Å². The van der Waals surface area contributed by atoms with Gasteiger partial charge in [0.05, 0.1) is 6.10 Å². The Morgan fingerprint density at radius 1 is 1.15 bits per heavy atom. The van der Waals surface area contributed by atoms with Gasteiger partial charge in [-0.1, -0.05) is 0 Å². The summed E-state index contributed by atoms with van der Waals surface area (Å²) in [5.41, 5.74) is 0. The van der Waals surface area contributed by atoms with Crippen LogP contribution in [0.4, 0.5) is 0 Å². The lowest BCUT2D eigenvalue weighted by Crippen LogP contribution is -2.33. The Hall–Kier alpha value is -0.120. The van der Waals surface area contributed by atoms with E-state index in [9.17, 15) is 0 Å². The Labute approximate surface area is 80.2 Å². The molecule has 0 aromatic rings. The average Bonchev–Trinajstić information content (AvgIpc) is 2.81. The van der Waals surface area contributed by atoms with E-state index < -0.39 is 0 Å². The van der Waals surface area contributed by atoms with Crippen molar-refractivity contribution < 1.29 is 4.74 Å². The van der Waals surface area contributed by atoms with Crippen molar-refractivity contribution in [3.05, 3.63) is 0 Å². The van der Waals surface area contributed by atoms with Crippen LogP contribution in [0.1, 0.15) is 25.7 Å². The highest BCUT2D eigenvalue weighted by atomic mass is 16.5. The van der Waals surface area contributed by atoms with Crippen molar-refractivity contribution in [1.29, 1.82) is 0 Å². The molecule has 1 heterocycles. The van der Waals surface area contributed by atoms with Crippen molar-refractivity contribution in [2.24, 2.45) is 0 Å². The second-order valence-corrected chi connectivity index (χ2v) is 4.07. The van der Waals surface area contributed by atoms with Crippen LogP contribution in [-0.2, 0) is 4.74 Å². The summed E-state index contributed by atoms with van der Waals surface area (Å²) >= 11 is 0. The van der Waals surface area contributed by atoms with Gasteiger partial charge in [0, 0.05) is 32.3 Å². The molecule has 2 rings (SSSR count). The highest BCUT2D eigenvalue weighted by Crippen LogP contribution is 2.17. The molecule has 0 unspecified atom stereocenters. The molecule has 13 heavy (non-hydrogen) atoms. The number of nitrogens with one attached hydrogen (secondary N) is 2. The van der Waals surface area contributed by atoms with Crippen LogP contribution in [0.15, 0.2) is 0 Å². The molecule has 1 aliphatic heterocycles. The van der Waals surface area contributed by atoms with E-state index in [2.05, 4.69) is 10.6 Å². The monoisotopic (exact) mass is 184 g/mol. The van der Waals surface area contributed by atoms with Crippen molar-refractivity contribution >= 4 is 0 Å². The van der Waals surface area contributed by atoms with E-state index in [1.54, 1.807) is 0 Å². The Bertz CT molecular complexity index is 142. The molecule has 2 aliphatic rings. The van der Waals surface area contributed by atoms with Gasteiger partial charge in [-0.25, -0.2) is 0 Å². The van der Waals surface area contributed by atoms with Gasteiger partial charge in [-0.2, -0.15) is 0 Å². The normalized spacial score (nSPS) is 28.2. The quantitative estimate of drug-likeness (QED) is 0.590. The Kier molecular flexibility index (Phi) is 3.58. The minimum absolute atomic E-state index is 0.487. The maximum atomic E-state index is 5.51. The molecule has 3 heteroatoms. The summed E-state index contributed by atoms with van der Waals surface area (Å²) in [4.78, 5) is 0. The lowest BCUT2D eigenvalue weighted by molar-refractivity contribution is 0.110. The SMILES string of the molecule is C1CO[C@@H](CNCCNC2CC2)C1. The molecule has 0 spiro atoms. The first kappa shape index (κ1) is 9.44. The molecule has 76 valence electrons. The lowest BCUT2D eigenvalue weighted by atomic mass is 10.2. The Morgan fingerprint density at radius 2 is 2.08 bits per heavy atom. The minimum atomic E-state index is 0.487. The second kappa shape index (κ2) is 4.94. The van der Waals surface area contributed by atoms with Gasteiger partial charge >= 0.3 is 0 Å². The topological polar surface area (TPSA) is 33.3 Å². The predicted molar refractivity (Wildman–Crippen MR) is 52.9 cm³/mol. The molecule has 0 bridgehead atoms. The molecule has 1 atom stereocenters. The third-order valence-corrected chi connectivity index (χ3v) is 2.71. The van der Waals surface area contributed by atoms with Gasteiger partial charge in [-0.15, -0.1) is 0 Å². The predicted octanol–water partition coefficient (Wildman–Crippen LogP) is 0.507. The van der Waals surface area contributed by atoms with Crippen LogP contribution in [0.2, 0.25) is 0 Å². The largest absolute Gasteiger partial charge is 0.377 e. The van der Waals surface area contributed by atoms with Crippen molar-refractivity contribution in [1.82, 2.24) is 10.6 Å². The summed E-state index contributed by atoms with van der Waals surface area (Å²) in [6.07, 6.45) is 5.73. The highest BCUT2D eigenvalue weighted by molar-refractivity contribution is 4.80. The van der Waals surface area contributed by atoms with Gasteiger partial charge < -0.3 is 15.4 Å². The first-order chi connectivity index (χ1) is 6.45. The van der Waals surface area contributed by atoms with E-state index in [1.807, 2.05) is 0 Å². The van der Waals surface area contributed by atoms with E-state index >= 15 is 0 Å². The summed E-state index contributed by atoms with van der Waals surface area (Å²) in [5, 5.41) is 6.90. The standard InChI is InChI=1S/C10H20N2O/c1-2-10(13-7-1)8-11-5-6-12-9-3-4-9/h9-12H,1-8H2/t10-/m1/s1. The number of hydrogen-bond donors (Lipinski definition) is 2. The van der Waals surface area contributed by atoms with Gasteiger partial charge in [0.15, 0.2) is 0 Å². The molecule has 1 saturated heterocycles. The van der Waals surface area contributed by atoms with Gasteiger partial charge in [0.2, 0.25) is 0 Å². The molecule has 2 N–H and O–H groups in total. The molecular formula is C10H20N2O. The van der Waals surface area contributed by atoms with Crippen LogP contribution < -0.4 is 10.6 Å². The van der Waals surface area contributed by atoms with Crippen LogP contribution >= 0.6 is 0 Å². The molecule has 0 aromatic carbocycles. The fourth-order valence-electron chi connectivity index (χ4n) is 1.72. The van der Waals surface area contributed by atoms with E-state index in [-0.39, 0.29) is 0 Å².